The van der Waals surface area contributed by atoms with Gasteiger partial charge >= 0.3 is 0 Å². The lowest BCUT2D eigenvalue weighted by Crippen LogP contribution is -2.18. The minimum absolute atomic E-state index is 0.200. The molecule has 1 unspecified atom stereocenters. The van der Waals surface area contributed by atoms with Crippen molar-refractivity contribution in [3.8, 4) is 5.69 Å². The molecule has 2 rings (SSSR count). The molecule has 17 heavy (non-hydrogen) atoms. The second-order valence-corrected chi connectivity index (χ2v) is 4.69. The lowest BCUT2D eigenvalue weighted by atomic mass is 10.0. The maximum Gasteiger partial charge on any atom is 0.0648 e. The van der Waals surface area contributed by atoms with Crippen LogP contribution in [0.15, 0.2) is 30.5 Å². The van der Waals surface area contributed by atoms with Crippen LogP contribution in [0.3, 0.4) is 0 Å². The number of aromatic nitrogens is 2. The van der Waals surface area contributed by atoms with E-state index in [2.05, 4.69) is 30.2 Å². The smallest absolute Gasteiger partial charge is 0.0648 e. The Hall–Kier alpha value is -1.61. The van der Waals surface area contributed by atoms with Crippen LogP contribution < -0.4 is 5.73 Å². The third kappa shape index (κ3) is 2.74. The Balaban J connectivity index is 2.30. The van der Waals surface area contributed by atoms with Gasteiger partial charge in [-0.15, -0.1) is 0 Å². The van der Waals surface area contributed by atoms with Crippen molar-refractivity contribution >= 4 is 0 Å². The highest BCUT2D eigenvalue weighted by atomic mass is 15.3. The van der Waals surface area contributed by atoms with E-state index >= 15 is 0 Å². The minimum atomic E-state index is 0.200. The second-order valence-electron chi connectivity index (χ2n) is 4.69. The molecule has 0 radical (unpaired) electrons. The molecule has 3 heteroatoms. The summed E-state index contributed by atoms with van der Waals surface area (Å²) in [5.74, 6) is 0. The third-order valence-electron chi connectivity index (χ3n) is 2.86. The Kier molecular flexibility index (Phi) is 3.29. The van der Waals surface area contributed by atoms with E-state index in [0.717, 1.165) is 17.8 Å². The Morgan fingerprint density at radius 1 is 1.29 bits per heavy atom. The Labute approximate surface area is 102 Å². The molecule has 0 saturated heterocycles. The zero-order chi connectivity index (χ0) is 12.4. The van der Waals surface area contributed by atoms with Crippen molar-refractivity contribution in [3.63, 3.8) is 0 Å². The summed E-state index contributed by atoms with van der Waals surface area (Å²) in [7, 11) is 0. The van der Waals surface area contributed by atoms with E-state index < -0.39 is 0 Å². The molecular formula is C14H19N3. The first-order chi connectivity index (χ1) is 8.06. The topological polar surface area (TPSA) is 43.8 Å². The first kappa shape index (κ1) is 11.9. The van der Waals surface area contributed by atoms with Crippen molar-refractivity contribution in [3.05, 3.63) is 47.3 Å². The molecule has 0 aliphatic carbocycles. The highest BCUT2D eigenvalue weighted by Gasteiger charge is 2.04. The van der Waals surface area contributed by atoms with Crippen molar-refractivity contribution in [2.45, 2.75) is 33.2 Å². The second kappa shape index (κ2) is 4.72. The number of benzene rings is 1. The third-order valence-corrected chi connectivity index (χ3v) is 2.86. The molecule has 1 aromatic carbocycles. The fourth-order valence-corrected chi connectivity index (χ4v) is 1.96. The quantitative estimate of drug-likeness (QED) is 0.878. The summed E-state index contributed by atoms with van der Waals surface area (Å²) in [6.45, 7) is 6.15. The lowest BCUT2D eigenvalue weighted by Gasteiger charge is -2.10. The summed E-state index contributed by atoms with van der Waals surface area (Å²) in [5, 5.41) is 4.40. The summed E-state index contributed by atoms with van der Waals surface area (Å²) in [6, 6.07) is 8.60. The van der Waals surface area contributed by atoms with Gasteiger partial charge in [-0.25, -0.2) is 4.68 Å². The molecule has 2 aromatic rings. The van der Waals surface area contributed by atoms with E-state index in [0.29, 0.717) is 0 Å². The molecule has 0 saturated carbocycles. The number of nitrogens with zero attached hydrogens (tertiary/aromatic N) is 2. The number of hydrogen-bond donors (Lipinski definition) is 1. The van der Waals surface area contributed by atoms with Gasteiger partial charge in [0.15, 0.2) is 0 Å². The molecule has 0 fully saturated rings. The molecule has 90 valence electrons. The van der Waals surface area contributed by atoms with Crippen LogP contribution >= 0.6 is 0 Å². The maximum atomic E-state index is 5.83. The van der Waals surface area contributed by atoms with Gasteiger partial charge in [-0.3, -0.25) is 0 Å². The number of aryl methyl sites for hydroxylation is 2. The van der Waals surface area contributed by atoms with E-state index in [1.165, 1.54) is 11.1 Å². The van der Waals surface area contributed by atoms with Crippen molar-refractivity contribution in [2.75, 3.05) is 0 Å². The zero-order valence-corrected chi connectivity index (χ0v) is 10.6. The van der Waals surface area contributed by atoms with Crippen LogP contribution in [-0.4, -0.2) is 15.8 Å². The van der Waals surface area contributed by atoms with Crippen LogP contribution in [-0.2, 0) is 6.42 Å². The fourth-order valence-electron chi connectivity index (χ4n) is 1.96. The van der Waals surface area contributed by atoms with Gasteiger partial charge in [0, 0.05) is 12.2 Å². The molecule has 0 amide bonds. The van der Waals surface area contributed by atoms with Crippen molar-refractivity contribution in [1.29, 1.82) is 0 Å². The fraction of sp³-hybridized carbons (Fsp3) is 0.357. The van der Waals surface area contributed by atoms with Gasteiger partial charge in [0.1, 0.15) is 0 Å². The van der Waals surface area contributed by atoms with Gasteiger partial charge in [-0.05, 0) is 56.5 Å². The molecule has 1 atom stereocenters. The zero-order valence-electron chi connectivity index (χ0n) is 10.6. The van der Waals surface area contributed by atoms with Crippen LogP contribution in [0.25, 0.3) is 5.69 Å². The maximum absolute atomic E-state index is 5.83. The van der Waals surface area contributed by atoms with Crippen LogP contribution in [0.5, 0.6) is 0 Å². The van der Waals surface area contributed by atoms with Crippen LogP contribution in [0.1, 0.15) is 23.7 Å². The van der Waals surface area contributed by atoms with E-state index in [4.69, 9.17) is 5.73 Å². The van der Waals surface area contributed by atoms with E-state index in [1.54, 1.807) is 0 Å². The number of hydrogen-bond acceptors (Lipinski definition) is 2. The van der Waals surface area contributed by atoms with E-state index in [9.17, 15) is 0 Å². The van der Waals surface area contributed by atoms with Gasteiger partial charge in [0.2, 0.25) is 0 Å². The van der Waals surface area contributed by atoms with Gasteiger partial charge in [-0.1, -0.05) is 6.07 Å². The van der Waals surface area contributed by atoms with Gasteiger partial charge in [0.05, 0.1) is 11.4 Å². The molecule has 1 aromatic heterocycles. The Morgan fingerprint density at radius 3 is 2.59 bits per heavy atom. The first-order valence-electron chi connectivity index (χ1n) is 5.94. The van der Waals surface area contributed by atoms with Gasteiger partial charge in [0.25, 0.3) is 0 Å². The highest BCUT2D eigenvalue weighted by molar-refractivity contribution is 5.40. The predicted octanol–water partition coefficient (Wildman–Crippen LogP) is 2.38. The number of rotatable bonds is 3. The summed E-state index contributed by atoms with van der Waals surface area (Å²) in [4.78, 5) is 0. The summed E-state index contributed by atoms with van der Waals surface area (Å²) in [5.41, 5.74) is 10.5. The van der Waals surface area contributed by atoms with E-state index in [-0.39, 0.29) is 6.04 Å². The largest absolute Gasteiger partial charge is 0.328 e. The molecular weight excluding hydrogens is 210 g/mol. The summed E-state index contributed by atoms with van der Waals surface area (Å²) in [6.07, 6.45) is 2.90. The average molecular weight is 229 g/mol. The van der Waals surface area contributed by atoms with Crippen molar-refractivity contribution < 1.29 is 0 Å². The Morgan fingerprint density at radius 2 is 2.06 bits per heavy atom. The molecule has 0 spiro atoms. The average Bonchev–Trinajstić information content (AvgIpc) is 2.67. The SMILES string of the molecule is Cc1ccn(-c2ccc(CC(C)N)c(C)c2)n1. The Bertz CT molecular complexity index is 512. The lowest BCUT2D eigenvalue weighted by molar-refractivity contribution is 0.734. The normalized spacial score (nSPS) is 12.7. The van der Waals surface area contributed by atoms with Crippen LogP contribution in [0.4, 0.5) is 0 Å². The predicted molar refractivity (Wildman–Crippen MR) is 70.4 cm³/mol. The van der Waals surface area contributed by atoms with Gasteiger partial charge < -0.3 is 5.73 Å². The molecule has 3 nitrogen and oxygen atoms in total. The van der Waals surface area contributed by atoms with Crippen LogP contribution in [0, 0.1) is 13.8 Å². The van der Waals surface area contributed by atoms with E-state index in [1.807, 2.05) is 30.8 Å². The molecule has 0 bridgehead atoms. The number of nitrogens with two attached hydrogens (primary N) is 1. The minimum Gasteiger partial charge on any atom is -0.328 e. The standard InChI is InChI=1S/C14H19N3/c1-10-8-14(17-7-6-12(3)16-17)5-4-13(10)9-11(2)15/h4-8,11H,9,15H2,1-3H3. The van der Waals surface area contributed by atoms with Crippen LogP contribution in [0.2, 0.25) is 0 Å². The monoisotopic (exact) mass is 229 g/mol. The molecule has 0 aliphatic heterocycles. The summed E-state index contributed by atoms with van der Waals surface area (Å²) >= 11 is 0. The molecule has 1 heterocycles. The van der Waals surface area contributed by atoms with Gasteiger partial charge in [-0.2, -0.15) is 5.10 Å². The summed E-state index contributed by atoms with van der Waals surface area (Å²) < 4.78 is 1.90. The molecule has 0 aliphatic rings. The first-order valence-corrected chi connectivity index (χ1v) is 5.94. The van der Waals surface area contributed by atoms with Crippen molar-refractivity contribution in [1.82, 2.24) is 9.78 Å². The molecule has 2 N–H and O–H groups in total. The van der Waals surface area contributed by atoms with Crippen molar-refractivity contribution in [2.24, 2.45) is 5.73 Å². The highest BCUT2D eigenvalue weighted by Crippen LogP contribution is 2.15.